The molecule has 0 aromatic rings. The minimum atomic E-state index is -0.985. The van der Waals surface area contributed by atoms with Crippen LogP contribution in [0.25, 0.3) is 0 Å². The molecule has 0 bridgehead atoms. The zero-order valence-electron chi connectivity index (χ0n) is 4.50. The van der Waals surface area contributed by atoms with E-state index >= 15 is 0 Å². The first kappa shape index (κ1) is 8.61. The van der Waals surface area contributed by atoms with Crippen molar-refractivity contribution in [2.24, 2.45) is 0 Å². The van der Waals surface area contributed by atoms with Crippen LogP contribution in [0.2, 0.25) is 0 Å². The predicted octanol–water partition coefficient (Wildman–Crippen LogP) is 2.97. The van der Waals surface area contributed by atoms with Crippen LogP contribution >= 0.6 is 34.8 Å². The monoisotopic (exact) mass is 172 g/mol. The average Bonchev–Trinajstić information content (AvgIpc) is 1.67. The van der Waals surface area contributed by atoms with Gasteiger partial charge in [0.15, 0.2) is 4.33 Å². The van der Waals surface area contributed by atoms with E-state index in [-0.39, 0.29) is 5.38 Å². The fraction of sp³-hybridized carbons (Fsp3) is 0.600. The summed E-state index contributed by atoms with van der Waals surface area (Å²) in [5.74, 6) is 0. The van der Waals surface area contributed by atoms with Crippen molar-refractivity contribution in [1.82, 2.24) is 0 Å². The van der Waals surface area contributed by atoms with Gasteiger partial charge in [0.05, 0.1) is 5.38 Å². The summed E-state index contributed by atoms with van der Waals surface area (Å²) in [5, 5.41) is -0.302. The van der Waals surface area contributed by atoms with E-state index < -0.39 is 4.33 Å². The topological polar surface area (TPSA) is 0 Å². The fourth-order valence-corrected chi connectivity index (χ4v) is 0.251. The van der Waals surface area contributed by atoms with E-state index in [1.165, 1.54) is 6.08 Å². The zero-order chi connectivity index (χ0) is 6.78. The van der Waals surface area contributed by atoms with Crippen LogP contribution in [0.15, 0.2) is 12.7 Å². The quantitative estimate of drug-likeness (QED) is 0.445. The smallest absolute Gasteiger partial charge is 0.120 e. The molecule has 48 valence electrons. The molecule has 8 heavy (non-hydrogen) atoms. The Morgan fingerprint density at radius 2 is 2.00 bits per heavy atom. The molecule has 0 radical (unpaired) electrons. The molecule has 0 N–H and O–H groups in total. The van der Waals surface area contributed by atoms with Gasteiger partial charge in [0.2, 0.25) is 0 Å². The molecule has 0 saturated carbocycles. The van der Waals surface area contributed by atoms with Crippen molar-refractivity contribution >= 4 is 34.8 Å². The molecule has 0 amide bonds. The van der Waals surface area contributed by atoms with Gasteiger partial charge < -0.3 is 0 Å². The molecule has 3 heteroatoms. The van der Waals surface area contributed by atoms with Crippen LogP contribution in [0.3, 0.4) is 0 Å². The first-order valence-corrected chi connectivity index (χ1v) is 3.35. The van der Waals surface area contributed by atoms with Crippen LogP contribution in [0.5, 0.6) is 0 Å². The minimum absolute atomic E-state index is 0.302. The fourth-order valence-electron chi connectivity index (χ4n) is 0.162. The van der Waals surface area contributed by atoms with Crippen molar-refractivity contribution in [2.75, 3.05) is 0 Å². The van der Waals surface area contributed by atoms with Gasteiger partial charge >= 0.3 is 0 Å². The number of hydrogen-bond donors (Lipinski definition) is 0. The van der Waals surface area contributed by atoms with Crippen molar-refractivity contribution in [1.29, 1.82) is 0 Å². The highest BCUT2D eigenvalue weighted by atomic mass is 35.5. The summed E-state index contributed by atoms with van der Waals surface area (Å²) >= 11 is 16.7. The van der Waals surface area contributed by atoms with Crippen LogP contribution in [0, 0.1) is 0 Å². The zero-order valence-corrected chi connectivity index (χ0v) is 6.76. The third-order valence-electron chi connectivity index (χ3n) is 0.803. The van der Waals surface area contributed by atoms with Crippen LogP contribution < -0.4 is 0 Å². The predicted molar refractivity (Wildman–Crippen MR) is 39.9 cm³/mol. The Labute approximate surface area is 64.4 Å². The molecule has 0 aliphatic carbocycles. The molecular weight excluding hydrogens is 166 g/mol. The van der Waals surface area contributed by atoms with Gasteiger partial charge in [0, 0.05) is 0 Å². The summed E-state index contributed by atoms with van der Waals surface area (Å²) in [6, 6.07) is 0. The second kappa shape index (κ2) is 2.95. The molecule has 0 aromatic heterocycles. The molecule has 0 saturated heterocycles. The Hall–Kier alpha value is 0.610. The Bertz CT molecular complexity index is 85.7. The highest BCUT2D eigenvalue weighted by Crippen LogP contribution is 2.29. The lowest BCUT2D eigenvalue weighted by Gasteiger charge is -2.15. The molecule has 0 aliphatic heterocycles. The average molecular weight is 173 g/mol. The lowest BCUT2D eigenvalue weighted by molar-refractivity contribution is 0.908. The molecule has 0 aromatic carbocycles. The van der Waals surface area contributed by atoms with Gasteiger partial charge in [-0.25, -0.2) is 0 Å². The SMILES string of the molecule is C=CC(Cl)(Cl)C(C)Cl. The number of allylic oxidation sites excluding steroid dienone is 1. The van der Waals surface area contributed by atoms with Gasteiger partial charge in [-0.3, -0.25) is 0 Å². The second-order valence-corrected chi connectivity index (χ2v) is 3.59. The van der Waals surface area contributed by atoms with Gasteiger partial charge in [-0.05, 0) is 6.92 Å². The van der Waals surface area contributed by atoms with E-state index in [4.69, 9.17) is 34.8 Å². The van der Waals surface area contributed by atoms with E-state index in [2.05, 4.69) is 6.58 Å². The molecule has 1 unspecified atom stereocenters. The van der Waals surface area contributed by atoms with E-state index in [0.29, 0.717) is 0 Å². The van der Waals surface area contributed by atoms with Crippen molar-refractivity contribution in [2.45, 2.75) is 16.6 Å². The lowest BCUT2D eigenvalue weighted by Crippen LogP contribution is -2.19. The maximum atomic E-state index is 5.57. The third kappa shape index (κ3) is 2.25. The van der Waals surface area contributed by atoms with E-state index in [1.54, 1.807) is 6.92 Å². The Balaban J connectivity index is 3.90. The van der Waals surface area contributed by atoms with Gasteiger partial charge in [-0.15, -0.1) is 18.2 Å². The second-order valence-electron chi connectivity index (χ2n) is 1.49. The standard InChI is InChI=1S/C5H7Cl3/c1-3-5(7,8)4(2)6/h3-4H,1H2,2H3. The number of hydrogen-bond acceptors (Lipinski definition) is 0. The molecule has 0 aliphatic rings. The molecule has 0 heterocycles. The molecular formula is C5H7Cl3. The van der Waals surface area contributed by atoms with Crippen molar-refractivity contribution in [3.63, 3.8) is 0 Å². The van der Waals surface area contributed by atoms with Crippen LogP contribution in [-0.2, 0) is 0 Å². The maximum absolute atomic E-state index is 5.57. The summed E-state index contributed by atoms with van der Waals surface area (Å²) in [4.78, 5) is 0. The minimum Gasteiger partial charge on any atom is -0.120 e. The van der Waals surface area contributed by atoms with Crippen molar-refractivity contribution < 1.29 is 0 Å². The highest BCUT2D eigenvalue weighted by Gasteiger charge is 2.25. The highest BCUT2D eigenvalue weighted by molar-refractivity contribution is 6.53. The Morgan fingerprint density at radius 1 is 1.62 bits per heavy atom. The van der Waals surface area contributed by atoms with Gasteiger partial charge in [0.25, 0.3) is 0 Å². The van der Waals surface area contributed by atoms with Crippen molar-refractivity contribution in [3.8, 4) is 0 Å². The van der Waals surface area contributed by atoms with Gasteiger partial charge in [-0.2, -0.15) is 0 Å². The lowest BCUT2D eigenvalue weighted by atomic mass is 10.3. The molecule has 1 atom stereocenters. The Kier molecular flexibility index (Phi) is 3.18. The third-order valence-corrected chi connectivity index (χ3v) is 2.33. The van der Waals surface area contributed by atoms with Gasteiger partial charge in [-0.1, -0.05) is 29.3 Å². The number of alkyl halides is 3. The van der Waals surface area contributed by atoms with Crippen LogP contribution in [-0.4, -0.2) is 9.71 Å². The summed E-state index contributed by atoms with van der Waals surface area (Å²) < 4.78 is -0.985. The summed E-state index contributed by atoms with van der Waals surface area (Å²) in [5.41, 5.74) is 0. The molecule has 0 rings (SSSR count). The number of rotatable bonds is 2. The number of halogens is 3. The van der Waals surface area contributed by atoms with Crippen molar-refractivity contribution in [3.05, 3.63) is 12.7 Å². The Morgan fingerprint density at radius 3 is 2.00 bits per heavy atom. The van der Waals surface area contributed by atoms with Gasteiger partial charge in [0.1, 0.15) is 0 Å². The maximum Gasteiger partial charge on any atom is 0.152 e. The molecule has 0 nitrogen and oxygen atoms in total. The van der Waals surface area contributed by atoms with E-state index in [0.717, 1.165) is 0 Å². The first-order valence-electron chi connectivity index (χ1n) is 2.16. The summed E-state index contributed by atoms with van der Waals surface area (Å²) in [7, 11) is 0. The summed E-state index contributed by atoms with van der Waals surface area (Å²) in [6.45, 7) is 5.12. The van der Waals surface area contributed by atoms with E-state index in [9.17, 15) is 0 Å². The molecule has 0 fully saturated rings. The van der Waals surface area contributed by atoms with E-state index in [1.807, 2.05) is 0 Å². The summed E-state index contributed by atoms with van der Waals surface area (Å²) in [6.07, 6.45) is 1.41. The van der Waals surface area contributed by atoms with Crippen LogP contribution in [0.1, 0.15) is 6.92 Å². The first-order chi connectivity index (χ1) is 3.50. The molecule has 0 spiro atoms. The van der Waals surface area contributed by atoms with Crippen LogP contribution in [0.4, 0.5) is 0 Å². The normalized spacial score (nSPS) is 15.5. The largest absolute Gasteiger partial charge is 0.152 e.